The number of carbonyl (C=O) groups is 1. The molecule has 0 radical (unpaired) electrons. The van der Waals surface area contributed by atoms with Crippen molar-refractivity contribution >= 4 is 17.5 Å². The van der Waals surface area contributed by atoms with Crippen molar-refractivity contribution in [2.45, 2.75) is 0 Å². The van der Waals surface area contributed by atoms with Gasteiger partial charge in [-0.25, -0.2) is 9.78 Å². The summed E-state index contributed by atoms with van der Waals surface area (Å²) in [5, 5.41) is 3.04. The number of nitrogens with zero attached hydrogens (tertiary/aromatic N) is 2. The van der Waals surface area contributed by atoms with Gasteiger partial charge in [-0.2, -0.15) is 0 Å². The summed E-state index contributed by atoms with van der Waals surface area (Å²) in [4.78, 5) is 19.4. The summed E-state index contributed by atoms with van der Waals surface area (Å²) in [6, 6.07) is 7.32. The third-order valence-electron chi connectivity index (χ3n) is 2.39. The summed E-state index contributed by atoms with van der Waals surface area (Å²) >= 11 is 0. The number of esters is 1. The Bertz CT molecular complexity index is 570. The molecule has 2 aromatic rings. The number of methoxy groups -OCH3 is 2. The third-order valence-corrected chi connectivity index (χ3v) is 2.39. The summed E-state index contributed by atoms with van der Waals surface area (Å²) in [6.07, 6.45) is 2.88. The van der Waals surface area contributed by atoms with Gasteiger partial charge in [0.25, 0.3) is 0 Å². The Morgan fingerprint density at radius 3 is 2.53 bits per heavy atom. The second-order valence-corrected chi connectivity index (χ2v) is 3.63. The lowest BCUT2D eigenvalue weighted by atomic mass is 10.3. The summed E-state index contributed by atoms with van der Waals surface area (Å²) in [5.41, 5.74) is 0.970. The van der Waals surface area contributed by atoms with Crippen LogP contribution in [0.3, 0.4) is 0 Å². The molecule has 0 saturated carbocycles. The molecule has 1 aromatic carbocycles. The minimum absolute atomic E-state index is 0.154. The Morgan fingerprint density at radius 2 is 1.89 bits per heavy atom. The number of benzene rings is 1. The van der Waals surface area contributed by atoms with Gasteiger partial charge in [-0.15, -0.1) is 0 Å². The SMILES string of the molecule is COC(=O)c1cncc(Nc2ccc(OC)cc2)n1. The molecular weight excluding hydrogens is 246 g/mol. The largest absolute Gasteiger partial charge is 0.497 e. The number of carbonyl (C=O) groups excluding carboxylic acids is 1. The van der Waals surface area contributed by atoms with E-state index in [0.717, 1.165) is 11.4 Å². The molecule has 0 fully saturated rings. The summed E-state index contributed by atoms with van der Waals surface area (Å²) in [6.45, 7) is 0. The zero-order chi connectivity index (χ0) is 13.7. The van der Waals surface area contributed by atoms with Crippen LogP contribution in [0.4, 0.5) is 11.5 Å². The number of ether oxygens (including phenoxy) is 2. The van der Waals surface area contributed by atoms with Gasteiger partial charge in [0.05, 0.1) is 26.6 Å². The molecule has 0 aliphatic rings. The lowest BCUT2D eigenvalue weighted by Gasteiger charge is -2.07. The van der Waals surface area contributed by atoms with E-state index < -0.39 is 5.97 Å². The van der Waals surface area contributed by atoms with Crippen LogP contribution in [0.25, 0.3) is 0 Å². The monoisotopic (exact) mass is 259 g/mol. The molecule has 0 saturated heterocycles. The van der Waals surface area contributed by atoms with Gasteiger partial charge < -0.3 is 14.8 Å². The van der Waals surface area contributed by atoms with Crippen molar-refractivity contribution in [3.8, 4) is 5.75 Å². The number of aromatic nitrogens is 2. The van der Waals surface area contributed by atoms with Crippen LogP contribution in [-0.2, 0) is 4.74 Å². The van der Waals surface area contributed by atoms with Crippen LogP contribution in [0.2, 0.25) is 0 Å². The van der Waals surface area contributed by atoms with Gasteiger partial charge in [0.15, 0.2) is 5.69 Å². The van der Waals surface area contributed by atoms with E-state index in [4.69, 9.17) is 4.74 Å². The molecule has 6 nitrogen and oxygen atoms in total. The average Bonchev–Trinajstić information content (AvgIpc) is 2.47. The molecule has 19 heavy (non-hydrogen) atoms. The smallest absolute Gasteiger partial charge is 0.358 e. The topological polar surface area (TPSA) is 73.3 Å². The third kappa shape index (κ3) is 3.19. The summed E-state index contributed by atoms with van der Waals surface area (Å²) in [5.74, 6) is 0.707. The van der Waals surface area contributed by atoms with Crippen LogP contribution in [0.1, 0.15) is 10.5 Å². The van der Waals surface area contributed by atoms with E-state index in [1.807, 2.05) is 24.3 Å². The number of hydrogen-bond donors (Lipinski definition) is 1. The van der Waals surface area contributed by atoms with Crippen molar-refractivity contribution in [2.75, 3.05) is 19.5 Å². The van der Waals surface area contributed by atoms with Crippen molar-refractivity contribution < 1.29 is 14.3 Å². The van der Waals surface area contributed by atoms with Crippen LogP contribution in [0.15, 0.2) is 36.7 Å². The maximum Gasteiger partial charge on any atom is 0.358 e. The van der Waals surface area contributed by atoms with E-state index in [2.05, 4.69) is 20.0 Å². The number of hydrogen-bond acceptors (Lipinski definition) is 6. The van der Waals surface area contributed by atoms with E-state index in [-0.39, 0.29) is 5.69 Å². The molecule has 6 heteroatoms. The molecule has 0 aliphatic carbocycles. The zero-order valence-electron chi connectivity index (χ0n) is 10.6. The summed E-state index contributed by atoms with van der Waals surface area (Å²) in [7, 11) is 2.90. The van der Waals surface area contributed by atoms with Gasteiger partial charge in [-0.1, -0.05) is 0 Å². The first kappa shape index (κ1) is 12.8. The van der Waals surface area contributed by atoms with Gasteiger partial charge in [0, 0.05) is 5.69 Å². The standard InChI is InChI=1S/C13H13N3O3/c1-18-10-5-3-9(4-6-10)15-12-8-14-7-11(16-12)13(17)19-2/h3-8H,1-2H3,(H,15,16). The van der Waals surface area contributed by atoms with Crippen molar-refractivity contribution in [3.63, 3.8) is 0 Å². The van der Waals surface area contributed by atoms with Gasteiger partial charge in [0.1, 0.15) is 11.6 Å². The van der Waals surface area contributed by atoms with Crippen LogP contribution in [0.5, 0.6) is 5.75 Å². The zero-order valence-corrected chi connectivity index (χ0v) is 10.6. The highest BCUT2D eigenvalue weighted by molar-refractivity contribution is 5.87. The minimum atomic E-state index is -0.522. The molecule has 0 bridgehead atoms. The molecule has 98 valence electrons. The highest BCUT2D eigenvalue weighted by Gasteiger charge is 2.08. The molecule has 0 aliphatic heterocycles. The fourth-order valence-corrected chi connectivity index (χ4v) is 1.45. The normalized spacial score (nSPS) is 9.79. The molecule has 1 N–H and O–H groups in total. The van der Waals surface area contributed by atoms with Gasteiger partial charge in [-0.3, -0.25) is 4.98 Å². The fourth-order valence-electron chi connectivity index (χ4n) is 1.45. The predicted octanol–water partition coefficient (Wildman–Crippen LogP) is 2.02. The quantitative estimate of drug-likeness (QED) is 0.847. The van der Waals surface area contributed by atoms with E-state index in [9.17, 15) is 4.79 Å². The van der Waals surface area contributed by atoms with Gasteiger partial charge >= 0.3 is 5.97 Å². The first-order valence-corrected chi connectivity index (χ1v) is 5.54. The second-order valence-electron chi connectivity index (χ2n) is 3.63. The summed E-state index contributed by atoms with van der Waals surface area (Å²) < 4.78 is 9.65. The molecule has 0 unspecified atom stereocenters. The number of nitrogens with one attached hydrogen (secondary N) is 1. The molecule has 0 amide bonds. The first-order chi connectivity index (χ1) is 9.22. The maximum atomic E-state index is 11.3. The molecule has 2 rings (SSSR count). The Labute approximate surface area is 110 Å². The van der Waals surface area contributed by atoms with Crippen molar-refractivity contribution in [2.24, 2.45) is 0 Å². The average molecular weight is 259 g/mol. The van der Waals surface area contributed by atoms with E-state index in [0.29, 0.717) is 5.82 Å². The van der Waals surface area contributed by atoms with Crippen LogP contribution < -0.4 is 10.1 Å². The maximum absolute atomic E-state index is 11.3. The predicted molar refractivity (Wildman–Crippen MR) is 69.6 cm³/mol. The first-order valence-electron chi connectivity index (χ1n) is 5.54. The van der Waals surface area contributed by atoms with E-state index >= 15 is 0 Å². The Kier molecular flexibility index (Phi) is 3.92. The van der Waals surface area contributed by atoms with Crippen LogP contribution in [0, 0.1) is 0 Å². The lowest BCUT2D eigenvalue weighted by Crippen LogP contribution is -2.06. The Hall–Kier alpha value is -2.63. The molecule has 1 heterocycles. The van der Waals surface area contributed by atoms with Crippen LogP contribution in [-0.4, -0.2) is 30.2 Å². The van der Waals surface area contributed by atoms with Crippen molar-refractivity contribution in [3.05, 3.63) is 42.4 Å². The molecule has 0 atom stereocenters. The van der Waals surface area contributed by atoms with E-state index in [1.54, 1.807) is 7.11 Å². The second kappa shape index (κ2) is 5.81. The highest BCUT2D eigenvalue weighted by Crippen LogP contribution is 2.18. The molecule has 1 aromatic heterocycles. The van der Waals surface area contributed by atoms with Crippen LogP contribution >= 0.6 is 0 Å². The molecular formula is C13H13N3O3. The Morgan fingerprint density at radius 1 is 1.16 bits per heavy atom. The molecule has 0 spiro atoms. The Balaban J connectivity index is 2.16. The van der Waals surface area contributed by atoms with E-state index in [1.165, 1.54) is 19.5 Å². The van der Waals surface area contributed by atoms with Crippen molar-refractivity contribution in [1.82, 2.24) is 9.97 Å². The van der Waals surface area contributed by atoms with Gasteiger partial charge in [0.2, 0.25) is 0 Å². The van der Waals surface area contributed by atoms with Crippen molar-refractivity contribution in [1.29, 1.82) is 0 Å². The highest BCUT2D eigenvalue weighted by atomic mass is 16.5. The van der Waals surface area contributed by atoms with Gasteiger partial charge in [-0.05, 0) is 24.3 Å². The minimum Gasteiger partial charge on any atom is -0.497 e. The lowest BCUT2D eigenvalue weighted by molar-refractivity contribution is 0.0593. The number of rotatable bonds is 4. The number of anilines is 2. The fraction of sp³-hybridized carbons (Fsp3) is 0.154.